The van der Waals surface area contributed by atoms with Crippen molar-refractivity contribution in [3.05, 3.63) is 53.1 Å². The summed E-state index contributed by atoms with van der Waals surface area (Å²) in [5, 5.41) is 10.0. The highest BCUT2D eigenvalue weighted by Gasteiger charge is 2.29. The average molecular weight is 344 g/mol. The van der Waals surface area contributed by atoms with Gasteiger partial charge < -0.3 is 9.84 Å². The van der Waals surface area contributed by atoms with Crippen LogP contribution in [0.3, 0.4) is 0 Å². The molecule has 0 amide bonds. The van der Waals surface area contributed by atoms with Crippen LogP contribution < -0.4 is 4.74 Å². The Labute approximate surface area is 134 Å². The first kappa shape index (κ1) is 16.1. The zero-order valence-electron chi connectivity index (χ0n) is 11.7. The minimum absolute atomic E-state index is 0.130. The summed E-state index contributed by atoms with van der Waals surface area (Å²) in [5.74, 6) is -1.54. The van der Waals surface area contributed by atoms with Gasteiger partial charge in [-0.1, -0.05) is 0 Å². The third kappa shape index (κ3) is 3.30. The molecule has 2 aromatic rings. The summed E-state index contributed by atoms with van der Waals surface area (Å²) in [7, 11) is 0. The second-order valence-corrected chi connectivity index (χ2v) is 6.19. The minimum Gasteiger partial charge on any atom is -0.457 e. The fraction of sp³-hybridized carbons (Fsp3) is 0.250. The maximum absolute atomic E-state index is 13.5. The van der Waals surface area contributed by atoms with Crippen molar-refractivity contribution in [2.75, 3.05) is 5.75 Å². The van der Waals surface area contributed by atoms with Gasteiger partial charge in [-0.15, -0.1) is 11.8 Å². The Bertz CT molecular complexity index is 716. The second kappa shape index (κ2) is 6.41. The van der Waals surface area contributed by atoms with E-state index in [4.69, 9.17) is 4.74 Å². The molecule has 0 aromatic heterocycles. The van der Waals surface area contributed by atoms with Crippen molar-refractivity contribution in [1.29, 1.82) is 0 Å². The van der Waals surface area contributed by atoms with E-state index in [0.717, 1.165) is 12.1 Å². The Hall–Kier alpha value is -1.73. The predicted octanol–water partition coefficient (Wildman–Crippen LogP) is 5.22. The van der Waals surface area contributed by atoms with Crippen LogP contribution in [0.1, 0.15) is 30.1 Å². The van der Waals surface area contributed by atoms with Gasteiger partial charge in [0.25, 0.3) is 6.43 Å². The van der Waals surface area contributed by atoms with Gasteiger partial charge in [0.1, 0.15) is 23.1 Å². The third-order valence-corrected chi connectivity index (χ3v) is 4.58. The number of benzene rings is 2. The highest BCUT2D eigenvalue weighted by Crippen LogP contribution is 2.46. The Balaban J connectivity index is 2.07. The van der Waals surface area contributed by atoms with Gasteiger partial charge in [-0.25, -0.2) is 17.6 Å². The molecule has 1 aliphatic rings. The Morgan fingerprint density at radius 1 is 1.13 bits per heavy atom. The molecule has 0 bridgehead atoms. The van der Waals surface area contributed by atoms with Gasteiger partial charge in [0.2, 0.25) is 0 Å². The van der Waals surface area contributed by atoms with Crippen molar-refractivity contribution < 1.29 is 27.4 Å². The van der Waals surface area contributed by atoms with E-state index in [1.54, 1.807) is 6.07 Å². The zero-order chi connectivity index (χ0) is 16.6. The zero-order valence-corrected chi connectivity index (χ0v) is 12.5. The minimum atomic E-state index is -2.88. The number of halogens is 4. The van der Waals surface area contributed by atoms with Crippen LogP contribution in [0, 0.1) is 11.6 Å². The summed E-state index contributed by atoms with van der Waals surface area (Å²) in [6, 6.07) is 5.37. The van der Waals surface area contributed by atoms with Crippen LogP contribution in [0.5, 0.6) is 11.5 Å². The molecule has 7 heteroatoms. The third-order valence-electron chi connectivity index (χ3n) is 3.47. The van der Waals surface area contributed by atoms with Crippen molar-refractivity contribution in [1.82, 2.24) is 0 Å². The van der Waals surface area contributed by atoms with Crippen molar-refractivity contribution >= 4 is 11.8 Å². The van der Waals surface area contributed by atoms with E-state index in [9.17, 15) is 22.7 Å². The summed E-state index contributed by atoms with van der Waals surface area (Å²) in [4.78, 5) is 0.567. The molecule has 1 aliphatic heterocycles. The average Bonchev–Trinajstić information content (AvgIpc) is 2.46. The van der Waals surface area contributed by atoms with Crippen LogP contribution in [0.15, 0.2) is 35.2 Å². The molecular weight excluding hydrogens is 332 g/mol. The lowest BCUT2D eigenvalue weighted by Crippen LogP contribution is -2.11. The molecule has 0 saturated carbocycles. The monoisotopic (exact) mass is 344 g/mol. The summed E-state index contributed by atoms with van der Waals surface area (Å²) >= 11 is 1.38. The number of hydrogen-bond donors (Lipinski definition) is 1. The van der Waals surface area contributed by atoms with Gasteiger partial charge in [0.05, 0.1) is 11.7 Å². The van der Waals surface area contributed by atoms with E-state index in [1.165, 1.54) is 17.8 Å². The Kier molecular flexibility index (Phi) is 4.50. The smallest absolute Gasteiger partial charge is 0.267 e. The highest BCUT2D eigenvalue weighted by molar-refractivity contribution is 7.99. The first-order valence-electron chi connectivity index (χ1n) is 6.85. The van der Waals surface area contributed by atoms with Crippen LogP contribution >= 0.6 is 11.8 Å². The number of aliphatic hydroxyl groups excluding tert-OH is 1. The van der Waals surface area contributed by atoms with Crippen LogP contribution in [0.4, 0.5) is 17.6 Å². The standard InChI is InChI=1S/C16H12F4O2S/c17-8-5-9(18)7-10(6-8)22-12-1-2-13-14(15(12)16(19)20)11(21)3-4-23-13/h1-2,5-7,11,16,21H,3-4H2. The van der Waals surface area contributed by atoms with E-state index in [2.05, 4.69) is 0 Å². The van der Waals surface area contributed by atoms with Crippen molar-refractivity contribution in [2.24, 2.45) is 0 Å². The lowest BCUT2D eigenvalue weighted by atomic mass is 9.99. The van der Waals surface area contributed by atoms with Gasteiger partial charge in [-0.05, 0) is 18.6 Å². The largest absolute Gasteiger partial charge is 0.457 e. The molecule has 122 valence electrons. The van der Waals surface area contributed by atoms with Crippen LogP contribution in [0.2, 0.25) is 0 Å². The van der Waals surface area contributed by atoms with Crippen molar-refractivity contribution in [2.45, 2.75) is 23.8 Å². The number of fused-ring (bicyclic) bond motifs is 1. The van der Waals surface area contributed by atoms with Crippen LogP contribution in [0.25, 0.3) is 0 Å². The summed E-state index contributed by atoms with van der Waals surface area (Å²) < 4.78 is 58.7. The molecule has 0 spiro atoms. The van der Waals surface area contributed by atoms with Crippen LogP contribution in [-0.2, 0) is 0 Å². The maximum Gasteiger partial charge on any atom is 0.267 e. The van der Waals surface area contributed by atoms with E-state index in [1.807, 2.05) is 0 Å². The maximum atomic E-state index is 13.5. The van der Waals surface area contributed by atoms with E-state index in [0.29, 0.717) is 23.1 Å². The first-order chi connectivity index (χ1) is 11.0. The quantitative estimate of drug-likeness (QED) is 0.774. The first-order valence-corrected chi connectivity index (χ1v) is 7.84. The van der Waals surface area contributed by atoms with Crippen molar-refractivity contribution in [3.8, 4) is 11.5 Å². The SMILES string of the molecule is OC1CCSc2ccc(Oc3cc(F)cc(F)c3)c(C(F)F)c21. The Morgan fingerprint density at radius 2 is 1.83 bits per heavy atom. The predicted molar refractivity (Wildman–Crippen MR) is 78.1 cm³/mol. The Morgan fingerprint density at radius 3 is 2.48 bits per heavy atom. The molecule has 3 rings (SSSR count). The van der Waals surface area contributed by atoms with Gasteiger partial charge in [0.15, 0.2) is 0 Å². The summed E-state index contributed by atoms with van der Waals surface area (Å²) in [6.07, 6.45) is -3.54. The number of alkyl halides is 2. The van der Waals surface area contributed by atoms with Gasteiger partial charge >= 0.3 is 0 Å². The lowest BCUT2D eigenvalue weighted by Gasteiger charge is -2.25. The molecular formula is C16H12F4O2S. The topological polar surface area (TPSA) is 29.5 Å². The number of rotatable bonds is 3. The molecule has 23 heavy (non-hydrogen) atoms. The fourth-order valence-electron chi connectivity index (χ4n) is 2.52. The molecule has 2 aromatic carbocycles. The normalized spacial score (nSPS) is 17.2. The molecule has 0 radical (unpaired) electrons. The summed E-state index contributed by atoms with van der Waals surface area (Å²) in [6.45, 7) is 0. The number of ether oxygens (including phenoxy) is 1. The number of thioether (sulfide) groups is 1. The molecule has 1 heterocycles. The van der Waals surface area contributed by atoms with Gasteiger partial charge in [0, 0.05) is 34.4 Å². The van der Waals surface area contributed by atoms with E-state index < -0.39 is 29.7 Å². The molecule has 2 nitrogen and oxygen atoms in total. The fourth-order valence-corrected chi connectivity index (χ4v) is 3.65. The number of hydrogen-bond acceptors (Lipinski definition) is 3. The second-order valence-electron chi connectivity index (χ2n) is 5.05. The molecule has 1 N–H and O–H groups in total. The van der Waals surface area contributed by atoms with E-state index in [-0.39, 0.29) is 17.1 Å². The molecule has 0 saturated heterocycles. The van der Waals surface area contributed by atoms with Crippen molar-refractivity contribution in [3.63, 3.8) is 0 Å². The van der Waals surface area contributed by atoms with Gasteiger partial charge in [-0.3, -0.25) is 0 Å². The van der Waals surface area contributed by atoms with Crippen LogP contribution in [-0.4, -0.2) is 10.9 Å². The van der Waals surface area contributed by atoms with E-state index >= 15 is 0 Å². The highest BCUT2D eigenvalue weighted by atomic mass is 32.2. The lowest BCUT2D eigenvalue weighted by molar-refractivity contribution is 0.129. The number of aliphatic hydroxyl groups is 1. The molecule has 0 fully saturated rings. The van der Waals surface area contributed by atoms with Gasteiger partial charge in [-0.2, -0.15) is 0 Å². The molecule has 0 aliphatic carbocycles. The molecule has 1 unspecified atom stereocenters. The summed E-state index contributed by atoms with van der Waals surface area (Å²) in [5.41, 5.74) is -0.308. The molecule has 1 atom stereocenters.